The van der Waals surface area contributed by atoms with Crippen LogP contribution in [0.5, 0.6) is 0 Å². The van der Waals surface area contributed by atoms with Crippen LogP contribution in [0.4, 0.5) is 10.4 Å². The monoisotopic (exact) mass is 241 g/mol. The third kappa shape index (κ3) is 2.14. The first kappa shape index (κ1) is 10.9. The van der Waals surface area contributed by atoms with Gasteiger partial charge in [0.25, 0.3) is 0 Å². The van der Waals surface area contributed by atoms with Crippen molar-refractivity contribution in [3.63, 3.8) is 0 Å². The first-order valence-corrected chi connectivity index (χ1v) is 5.01. The Kier molecular flexibility index (Phi) is 3.05. The first-order valence-electron chi connectivity index (χ1n) is 4.64. The first-order chi connectivity index (χ1) is 7.70. The molecule has 0 atom stereocenters. The van der Waals surface area contributed by atoms with E-state index in [1.165, 1.54) is 6.07 Å². The van der Waals surface area contributed by atoms with Crippen molar-refractivity contribution in [3.8, 4) is 0 Å². The molecule has 0 aliphatic heterocycles. The Hall–Kier alpha value is -1.62. The molecule has 0 saturated carbocycles. The Morgan fingerprint density at radius 2 is 2.31 bits per heavy atom. The van der Waals surface area contributed by atoms with E-state index in [0.29, 0.717) is 22.4 Å². The number of benzene rings is 1. The van der Waals surface area contributed by atoms with Gasteiger partial charge in [0.1, 0.15) is 5.82 Å². The number of anilines is 1. The highest BCUT2D eigenvalue weighted by molar-refractivity contribution is 6.31. The molecule has 0 amide bonds. The summed E-state index contributed by atoms with van der Waals surface area (Å²) < 4.78 is 18.3. The number of hydrogen-bond donors (Lipinski definition) is 1. The van der Waals surface area contributed by atoms with Gasteiger partial charge >= 0.3 is 6.01 Å². The maximum atomic E-state index is 13.4. The van der Waals surface area contributed by atoms with Gasteiger partial charge in [0.05, 0.1) is 0 Å². The van der Waals surface area contributed by atoms with E-state index in [-0.39, 0.29) is 12.2 Å². The van der Waals surface area contributed by atoms with Gasteiger partial charge in [-0.2, -0.15) is 4.98 Å². The molecule has 2 aromatic rings. The van der Waals surface area contributed by atoms with Gasteiger partial charge in [0, 0.05) is 24.1 Å². The maximum absolute atomic E-state index is 13.4. The quantitative estimate of drug-likeness (QED) is 0.897. The van der Waals surface area contributed by atoms with Crippen molar-refractivity contribution in [2.45, 2.75) is 6.42 Å². The summed E-state index contributed by atoms with van der Waals surface area (Å²) in [6.45, 7) is 0. The third-order valence-corrected chi connectivity index (χ3v) is 2.43. The molecule has 6 heteroatoms. The van der Waals surface area contributed by atoms with Crippen LogP contribution in [0.2, 0.25) is 5.02 Å². The molecule has 16 heavy (non-hydrogen) atoms. The lowest BCUT2D eigenvalue weighted by molar-refractivity contribution is 0.425. The number of aromatic nitrogens is 2. The highest BCUT2D eigenvalue weighted by Crippen LogP contribution is 2.21. The topological polar surface area (TPSA) is 51.0 Å². The van der Waals surface area contributed by atoms with Crippen LogP contribution in [0.15, 0.2) is 22.7 Å². The van der Waals surface area contributed by atoms with E-state index in [1.54, 1.807) is 19.2 Å². The van der Waals surface area contributed by atoms with Crippen molar-refractivity contribution in [3.05, 3.63) is 40.4 Å². The molecule has 1 aromatic heterocycles. The molecular formula is C10H9ClFN3O. The molecule has 2 rings (SSSR count). The Balaban J connectivity index is 2.26. The Labute approximate surface area is 96.4 Å². The SMILES string of the molecule is CNc1nc(Cc2c(F)cccc2Cl)no1. The molecule has 0 unspecified atom stereocenters. The van der Waals surface area contributed by atoms with Crippen molar-refractivity contribution >= 4 is 17.6 Å². The minimum Gasteiger partial charge on any atom is -0.341 e. The second-order valence-electron chi connectivity index (χ2n) is 3.14. The zero-order valence-electron chi connectivity index (χ0n) is 8.50. The molecule has 1 N–H and O–H groups in total. The van der Waals surface area contributed by atoms with Gasteiger partial charge in [0.15, 0.2) is 5.82 Å². The number of rotatable bonds is 3. The lowest BCUT2D eigenvalue weighted by Crippen LogP contribution is -1.96. The summed E-state index contributed by atoms with van der Waals surface area (Å²) in [4.78, 5) is 3.99. The molecular weight excluding hydrogens is 233 g/mol. The minimum atomic E-state index is -0.372. The van der Waals surface area contributed by atoms with Crippen molar-refractivity contribution in [2.24, 2.45) is 0 Å². The second kappa shape index (κ2) is 4.49. The molecule has 0 aliphatic rings. The fourth-order valence-corrected chi connectivity index (χ4v) is 1.52. The number of hydrogen-bond acceptors (Lipinski definition) is 4. The van der Waals surface area contributed by atoms with Crippen molar-refractivity contribution in [2.75, 3.05) is 12.4 Å². The summed E-state index contributed by atoms with van der Waals surface area (Å²) in [7, 11) is 1.66. The summed E-state index contributed by atoms with van der Waals surface area (Å²) in [5, 5.41) is 6.74. The van der Waals surface area contributed by atoms with E-state index >= 15 is 0 Å². The van der Waals surface area contributed by atoms with Crippen LogP contribution in [0, 0.1) is 5.82 Å². The van der Waals surface area contributed by atoms with Crippen LogP contribution in [-0.4, -0.2) is 17.2 Å². The summed E-state index contributed by atoms with van der Waals surface area (Å²) in [5.41, 5.74) is 0.368. The van der Waals surface area contributed by atoms with Gasteiger partial charge < -0.3 is 9.84 Å². The summed E-state index contributed by atoms with van der Waals surface area (Å²) in [6.07, 6.45) is 0.205. The summed E-state index contributed by atoms with van der Waals surface area (Å²) in [5.74, 6) is 0.0136. The average molecular weight is 242 g/mol. The van der Waals surface area contributed by atoms with E-state index in [0.717, 1.165) is 0 Å². The van der Waals surface area contributed by atoms with E-state index in [9.17, 15) is 4.39 Å². The van der Waals surface area contributed by atoms with Crippen molar-refractivity contribution in [1.82, 2.24) is 10.1 Å². The number of nitrogens with zero attached hydrogens (tertiary/aromatic N) is 2. The van der Waals surface area contributed by atoms with Gasteiger partial charge in [-0.1, -0.05) is 22.8 Å². The zero-order valence-corrected chi connectivity index (χ0v) is 9.25. The molecule has 1 aromatic carbocycles. The normalized spacial score (nSPS) is 10.4. The standard InChI is InChI=1S/C10H9ClFN3O/c1-13-10-14-9(15-16-10)5-6-7(11)3-2-4-8(6)12/h2-4H,5H2,1H3,(H,13,14,15). The predicted octanol–water partition coefficient (Wildman–Crippen LogP) is 2.49. The van der Waals surface area contributed by atoms with E-state index in [2.05, 4.69) is 15.5 Å². The van der Waals surface area contributed by atoms with Gasteiger partial charge in [0.2, 0.25) is 0 Å². The van der Waals surface area contributed by atoms with Gasteiger partial charge in [-0.3, -0.25) is 0 Å². The van der Waals surface area contributed by atoms with Gasteiger partial charge in [-0.25, -0.2) is 4.39 Å². The third-order valence-electron chi connectivity index (χ3n) is 2.08. The van der Waals surface area contributed by atoms with E-state index in [1.807, 2.05) is 0 Å². The molecule has 0 aliphatic carbocycles. The van der Waals surface area contributed by atoms with E-state index < -0.39 is 0 Å². The van der Waals surface area contributed by atoms with Crippen molar-refractivity contribution < 1.29 is 8.91 Å². The largest absolute Gasteiger partial charge is 0.341 e. The van der Waals surface area contributed by atoms with Crippen LogP contribution < -0.4 is 5.32 Å². The lowest BCUT2D eigenvalue weighted by atomic mass is 10.1. The molecule has 1 heterocycles. The van der Waals surface area contributed by atoms with Crippen LogP contribution >= 0.6 is 11.6 Å². The van der Waals surface area contributed by atoms with Crippen LogP contribution in [0.3, 0.4) is 0 Å². The zero-order chi connectivity index (χ0) is 11.5. The number of nitrogens with one attached hydrogen (secondary N) is 1. The fourth-order valence-electron chi connectivity index (χ4n) is 1.29. The Morgan fingerprint density at radius 3 is 2.94 bits per heavy atom. The molecule has 0 saturated heterocycles. The lowest BCUT2D eigenvalue weighted by Gasteiger charge is -2.01. The summed E-state index contributed by atoms with van der Waals surface area (Å²) in [6, 6.07) is 4.82. The van der Waals surface area contributed by atoms with Gasteiger partial charge in [-0.15, -0.1) is 0 Å². The predicted molar refractivity (Wildman–Crippen MR) is 58.1 cm³/mol. The van der Waals surface area contributed by atoms with Crippen LogP contribution in [0.1, 0.15) is 11.4 Å². The molecule has 0 radical (unpaired) electrons. The van der Waals surface area contributed by atoms with Gasteiger partial charge in [-0.05, 0) is 12.1 Å². The number of halogens is 2. The Bertz CT molecular complexity index is 480. The van der Waals surface area contributed by atoms with Crippen molar-refractivity contribution in [1.29, 1.82) is 0 Å². The van der Waals surface area contributed by atoms with Crippen LogP contribution in [-0.2, 0) is 6.42 Å². The molecule has 84 valence electrons. The molecule has 0 bridgehead atoms. The Morgan fingerprint density at radius 1 is 1.50 bits per heavy atom. The molecule has 4 nitrogen and oxygen atoms in total. The summed E-state index contributed by atoms with van der Waals surface area (Å²) >= 11 is 5.88. The fraction of sp³-hybridized carbons (Fsp3) is 0.200. The smallest absolute Gasteiger partial charge is 0.321 e. The molecule has 0 spiro atoms. The molecule has 0 fully saturated rings. The van der Waals surface area contributed by atoms with E-state index in [4.69, 9.17) is 16.1 Å². The maximum Gasteiger partial charge on any atom is 0.321 e. The highest BCUT2D eigenvalue weighted by atomic mass is 35.5. The van der Waals surface area contributed by atoms with Crippen LogP contribution in [0.25, 0.3) is 0 Å². The second-order valence-corrected chi connectivity index (χ2v) is 3.55. The average Bonchev–Trinajstić information content (AvgIpc) is 2.71. The highest BCUT2D eigenvalue weighted by Gasteiger charge is 2.11. The minimum absolute atomic E-state index is 0.205.